The number of aromatic nitrogens is 4. The molecule has 38 heavy (non-hydrogen) atoms. The van der Waals surface area contributed by atoms with E-state index in [2.05, 4.69) is 30.5 Å². The fraction of sp³-hybridized carbons (Fsp3) is 0.269. The normalized spacial score (nSPS) is 13.7. The van der Waals surface area contributed by atoms with E-state index in [4.69, 9.17) is 4.98 Å². The van der Waals surface area contributed by atoms with Gasteiger partial charge in [-0.05, 0) is 55.7 Å². The fourth-order valence-electron chi connectivity index (χ4n) is 4.18. The van der Waals surface area contributed by atoms with Gasteiger partial charge in [0, 0.05) is 44.1 Å². The minimum atomic E-state index is -3.63. The Morgan fingerprint density at radius 3 is 2.58 bits per heavy atom. The molecule has 1 aliphatic heterocycles. The molecule has 1 amide bonds. The highest BCUT2D eigenvalue weighted by Gasteiger charge is 2.19. The van der Waals surface area contributed by atoms with Crippen LogP contribution in [0.1, 0.15) is 28.8 Å². The number of benzene rings is 2. The third-order valence-electron chi connectivity index (χ3n) is 6.38. The Morgan fingerprint density at radius 2 is 1.82 bits per heavy atom. The van der Waals surface area contributed by atoms with Gasteiger partial charge < -0.3 is 15.5 Å². The molecule has 1 aliphatic rings. The Balaban J connectivity index is 1.41. The molecular formula is C26H28N8O3S. The highest BCUT2D eigenvalue weighted by molar-refractivity contribution is 7.89. The second-order valence-corrected chi connectivity index (χ2v) is 11.4. The van der Waals surface area contributed by atoms with Crippen LogP contribution in [-0.2, 0) is 10.0 Å². The molecule has 11 nitrogen and oxygen atoms in total. The molecule has 2 N–H and O–H groups in total. The van der Waals surface area contributed by atoms with Gasteiger partial charge in [-0.15, -0.1) is 0 Å². The van der Waals surface area contributed by atoms with E-state index in [1.807, 2.05) is 13.0 Å². The maximum absolute atomic E-state index is 13.1. The summed E-state index contributed by atoms with van der Waals surface area (Å²) >= 11 is 0. The molecule has 2 aromatic carbocycles. The third kappa shape index (κ3) is 5.13. The number of hydrogen-bond acceptors (Lipinski definition) is 9. The van der Waals surface area contributed by atoms with Crippen LogP contribution >= 0.6 is 0 Å². The minimum absolute atomic E-state index is 0.0949. The molecule has 0 atom stereocenters. The standard InChI is InChI=1S/C26H28N8O3S/c1-17-9-10-18(25(35)30-19-7-6-8-20(14-19)38(36,37)33(2)3)13-21(17)31-24-23-22(28-16-29-24)15-27-26(32-23)34-11-4-5-12-34/h6-10,13-16H,4-5,11-12H2,1-3H3,(H,30,35)(H,28,29,31). The van der Waals surface area contributed by atoms with E-state index in [0.29, 0.717) is 39.7 Å². The van der Waals surface area contributed by atoms with Crippen LogP contribution in [0.2, 0.25) is 0 Å². The molecule has 0 bridgehead atoms. The second kappa shape index (κ2) is 10.3. The quantitative estimate of drug-likeness (QED) is 0.366. The number of rotatable bonds is 7. The summed E-state index contributed by atoms with van der Waals surface area (Å²) in [6.07, 6.45) is 5.37. The van der Waals surface area contributed by atoms with Gasteiger partial charge in [0.1, 0.15) is 17.4 Å². The van der Waals surface area contributed by atoms with E-state index in [1.54, 1.807) is 30.5 Å². The van der Waals surface area contributed by atoms with Crippen LogP contribution in [0.5, 0.6) is 0 Å². The number of aryl methyl sites for hydroxylation is 1. The van der Waals surface area contributed by atoms with Crippen LogP contribution in [0, 0.1) is 6.92 Å². The van der Waals surface area contributed by atoms with Crippen molar-refractivity contribution in [1.82, 2.24) is 24.2 Å². The topological polar surface area (TPSA) is 133 Å². The zero-order valence-electron chi connectivity index (χ0n) is 21.3. The van der Waals surface area contributed by atoms with Gasteiger partial charge in [-0.2, -0.15) is 0 Å². The van der Waals surface area contributed by atoms with Gasteiger partial charge in [0.2, 0.25) is 16.0 Å². The first kappa shape index (κ1) is 25.5. The zero-order valence-corrected chi connectivity index (χ0v) is 22.2. The number of hydrogen-bond donors (Lipinski definition) is 2. The van der Waals surface area contributed by atoms with Gasteiger partial charge >= 0.3 is 0 Å². The van der Waals surface area contributed by atoms with Crippen molar-refractivity contribution >= 4 is 50.1 Å². The lowest BCUT2D eigenvalue weighted by Crippen LogP contribution is -2.22. The van der Waals surface area contributed by atoms with Crippen molar-refractivity contribution < 1.29 is 13.2 Å². The largest absolute Gasteiger partial charge is 0.341 e. The highest BCUT2D eigenvalue weighted by atomic mass is 32.2. The summed E-state index contributed by atoms with van der Waals surface area (Å²) in [6.45, 7) is 3.76. The van der Waals surface area contributed by atoms with Crippen LogP contribution in [-0.4, -0.2) is 65.8 Å². The molecule has 1 fully saturated rings. The molecule has 0 radical (unpaired) electrons. The number of carbonyl (C=O) groups excluding carboxylic acids is 1. The predicted octanol–water partition coefficient (Wildman–Crippen LogP) is 3.57. The summed E-state index contributed by atoms with van der Waals surface area (Å²) in [6, 6.07) is 11.4. The summed E-state index contributed by atoms with van der Waals surface area (Å²) in [5.41, 5.74) is 3.57. The highest BCUT2D eigenvalue weighted by Crippen LogP contribution is 2.27. The third-order valence-corrected chi connectivity index (χ3v) is 8.19. The molecule has 3 heterocycles. The number of nitrogens with one attached hydrogen (secondary N) is 2. The van der Waals surface area contributed by atoms with Crippen LogP contribution in [0.3, 0.4) is 0 Å². The lowest BCUT2D eigenvalue weighted by molar-refractivity contribution is 0.102. The fourth-order valence-corrected chi connectivity index (χ4v) is 5.13. The van der Waals surface area contributed by atoms with Crippen molar-refractivity contribution in [3.8, 4) is 0 Å². The molecule has 0 spiro atoms. The van der Waals surface area contributed by atoms with Gasteiger partial charge in [0.25, 0.3) is 5.91 Å². The molecule has 5 rings (SSSR count). The second-order valence-electron chi connectivity index (χ2n) is 9.24. The van der Waals surface area contributed by atoms with Gasteiger partial charge in [-0.3, -0.25) is 4.79 Å². The van der Waals surface area contributed by atoms with Crippen molar-refractivity contribution in [3.63, 3.8) is 0 Å². The van der Waals surface area contributed by atoms with E-state index in [-0.39, 0.29) is 10.8 Å². The molecule has 0 aliphatic carbocycles. The number of anilines is 4. The summed E-state index contributed by atoms with van der Waals surface area (Å²) in [5, 5.41) is 6.10. The number of nitrogens with zero attached hydrogens (tertiary/aromatic N) is 6. The number of sulfonamides is 1. The van der Waals surface area contributed by atoms with Crippen molar-refractivity contribution in [2.45, 2.75) is 24.7 Å². The van der Waals surface area contributed by atoms with Crippen molar-refractivity contribution in [3.05, 3.63) is 66.1 Å². The van der Waals surface area contributed by atoms with Gasteiger partial charge in [-0.1, -0.05) is 12.1 Å². The van der Waals surface area contributed by atoms with Gasteiger partial charge in [0.15, 0.2) is 5.82 Å². The molecule has 196 valence electrons. The lowest BCUT2D eigenvalue weighted by Gasteiger charge is -2.16. The molecule has 4 aromatic rings. The number of carbonyl (C=O) groups is 1. The first-order valence-electron chi connectivity index (χ1n) is 12.2. The van der Waals surface area contributed by atoms with Crippen LogP contribution in [0.25, 0.3) is 11.0 Å². The first-order chi connectivity index (χ1) is 18.2. The monoisotopic (exact) mass is 532 g/mol. The molecular weight excluding hydrogens is 504 g/mol. The Labute approximate surface area is 221 Å². The maximum atomic E-state index is 13.1. The summed E-state index contributed by atoms with van der Waals surface area (Å²) in [5.74, 6) is 0.787. The summed E-state index contributed by atoms with van der Waals surface area (Å²) in [4.78, 5) is 33.2. The van der Waals surface area contributed by atoms with E-state index in [1.165, 1.54) is 32.6 Å². The Kier molecular flexibility index (Phi) is 6.91. The minimum Gasteiger partial charge on any atom is -0.341 e. The SMILES string of the molecule is Cc1ccc(C(=O)Nc2cccc(S(=O)(=O)N(C)C)c2)cc1Nc1ncnc2cnc(N3CCCC3)nc12. The van der Waals surface area contributed by atoms with E-state index < -0.39 is 10.0 Å². The lowest BCUT2D eigenvalue weighted by atomic mass is 10.1. The van der Waals surface area contributed by atoms with Crippen LogP contribution in [0.4, 0.5) is 23.1 Å². The zero-order chi connectivity index (χ0) is 26.9. The number of fused-ring (bicyclic) bond motifs is 1. The maximum Gasteiger partial charge on any atom is 0.255 e. The van der Waals surface area contributed by atoms with Gasteiger partial charge in [-0.25, -0.2) is 32.7 Å². The molecule has 0 saturated carbocycles. The van der Waals surface area contributed by atoms with E-state index in [0.717, 1.165) is 35.8 Å². The Hall–Kier alpha value is -4.16. The average molecular weight is 533 g/mol. The number of amides is 1. The summed E-state index contributed by atoms with van der Waals surface area (Å²) in [7, 11) is -0.707. The average Bonchev–Trinajstić information content (AvgIpc) is 3.45. The molecule has 0 unspecified atom stereocenters. The van der Waals surface area contributed by atoms with Crippen molar-refractivity contribution in [2.75, 3.05) is 42.7 Å². The smallest absolute Gasteiger partial charge is 0.255 e. The molecule has 2 aromatic heterocycles. The van der Waals surface area contributed by atoms with Crippen molar-refractivity contribution in [1.29, 1.82) is 0 Å². The summed E-state index contributed by atoms with van der Waals surface area (Å²) < 4.78 is 26.1. The van der Waals surface area contributed by atoms with Crippen LogP contribution < -0.4 is 15.5 Å². The van der Waals surface area contributed by atoms with E-state index >= 15 is 0 Å². The van der Waals surface area contributed by atoms with E-state index in [9.17, 15) is 13.2 Å². The van der Waals surface area contributed by atoms with Crippen LogP contribution in [0.15, 0.2) is 59.9 Å². The van der Waals surface area contributed by atoms with Crippen molar-refractivity contribution in [2.24, 2.45) is 0 Å². The molecule has 1 saturated heterocycles. The molecule has 12 heteroatoms. The predicted molar refractivity (Wildman–Crippen MR) is 146 cm³/mol. The Bertz CT molecular complexity index is 1620. The Morgan fingerprint density at radius 1 is 1.03 bits per heavy atom. The van der Waals surface area contributed by atoms with Gasteiger partial charge in [0.05, 0.1) is 11.1 Å². The first-order valence-corrected chi connectivity index (χ1v) is 13.6.